The van der Waals surface area contributed by atoms with Crippen LogP contribution in [0.3, 0.4) is 0 Å². The molecule has 1 radical (unpaired) electrons. The van der Waals surface area contributed by atoms with Crippen molar-refractivity contribution in [1.82, 2.24) is 14.5 Å². The van der Waals surface area contributed by atoms with Crippen LogP contribution in [0.2, 0.25) is 19.6 Å². The first-order valence-corrected chi connectivity index (χ1v) is 27.1. The maximum Gasteiger partial charge on any atom is 0.121 e. The fourth-order valence-corrected chi connectivity index (χ4v) is 10.1. The molecule has 0 atom stereocenters. The van der Waals surface area contributed by atoms with Crippen molar-refractivity contribution in [3.8, 4) is 50.6 Å². The molecule has 0 amide bonds. The van der Waals surface area contributed by atoms with Crippen molar-refractivity contribution in [3.63, 3.8) is 0 Å². The summed E-state index contributed by atoms with van der Waals surface area (Å²) in [4.78, 5) is 9.55. The summed E-state index contributed by atoms with van der Waals surface area (Å²) in [6.07, 6.45) is 0.0934. The molecule has 0 aliphatic carbocycles. The summed E-state index contributed by atoms with van der Waals surface area (Å²) in [5.74, 6) is 1.05. The van der Waals surface area contributed by atoms with E-state index in [-0.39, 0.29) is 37.8 Å². The van der Waals surface area contributed by atoms with Crippen LogP contribution < -0.4 is 5.19 Å². The smallest absolute Gasteiger partial charge is 0.121 e. The van der Waals surface area contributed by atoms with Gasteiger partial charge in [-0.25, -0.2) is 0 Å². The van der Waals surface area contributed by atoms with E-state index in [1.807, 2.05) is 32.9 Å². The van der Waals surface area contributed by atoms with Gasteiger partial charge in [0, 0.05) is 45.9 Å². The molecule has 7 aromatic carbocycles. The molecule has 0 fully saturated rings. The van der Waals surface area contributed by atoms with Crippen molar-refractivity contribution >= 4 is 46.2 Å². The zero-order valence-corrected chi connectivity index (χ0v) is 44.5. The van der Waals surface area contributed by atoms with E-state index in [2.05, 4.69) is 178 Å². The molecule has 0 saturated carbocycles. The predicted octanol–water partition coefficient (Wildman–Crippen LogP) is 16.8. The second-order valence-corrected chi connectivity index (χ2v) is 25.5. The number of nitrogens with zero attached hydrogens (tertiary/aromatic N) is 3. The van der Waals surface area contributed by atoms with E-state index in [1.54, 1.807) is 24.4 Å². The van der Waals surface area contributed by atoms with Gasteiger partial charge in [0.05, 0.1) is 30.5 Å². The van der Waals surface area contributed by atoms with Crippen molar-refractivity contribution in [1.29, 1.82) is 0 Å². The van der Waals surface area contributed by atoms with Gasteiger partial charge in [-0.05, 0) is 99.1 Å². The molecular formula is C62H60FIrN3OSi-2. The van der Waals surface area contributed by atoms with Crippen molar-refractivity contribution in [3.05, 3.63) is 192 Å². The molecule has 10 rings (SSSR count). The Morgan fingerprint density at radius 3 is 2.03 bits per heavy atom. The number of rotatable bonds is 9. The van der Waals surface area contributed by atoms with E-state index < -0.39 is 19.9 Å². The van der Waals surface area contributed by atoms with Gasteiger partial charge in [0.1, 0.15) is 5.58 Å². The number of furan rings is 1. The summed E-state index contributed by atoms with van der Waals surface area (Å²) < 4.78 is 38.6. The molecule has 0 unspecified atom stereocenters. The molecule has 0 saturated heterocycles. The Hall–Kier alpha value is -6.24. The van der Waals surface area contributed by atoms with Crippen LogP contribution in [0.15, 0.2) is 162 Å². The van der Waals surface area contributed by atoms with Crippen LogP contribution >= 0.6 is 0 Å². The van der Waals surface area contributed by atoms with Crippen LogP contribution in [0.1, 0.15) is 79.7 Å². The number of hydrogen-bond acceptors (Lipinski definition) is 3. The largest absolute Gasteiger partial charge is 0.501 e. The Bertz CT molecular complexity index is 3470. The summed E-state index contributed by atoms with van der Waals surface area (Å²) >= 11 is 0. The minimum Gasteiger partial charge on any atom is -0.501 e. The first-order valence-electron chi connectivity index (χ1n) is 24.6. The van der Waals surface area contributed by atoms with Gasteiger partial charge in [-0.2, -0.15) is 0 Å². The standard InChI is InChI=1S/C46H43N2OSi.C16H17FN.Ir/c1-29(2)39-26-34(32-20-23-35(24-21-32)50(5,6)7)27-40(30(3)4)44(39)48-42-19-12-11-18-41(42)47-46(48)38-17-13-16-37-36-25-22-33(28-43(36)49-45(37)38)31-14-9-8-10-15-31;1-16(2,3)11-12-8-9-18-15(10-12)13-4-6-14(17)7-5-13;/h8-16,18-30H,1-7H3;4,6-10H,11H2,1-3H3;/q2*-1;/i;11D2;. The average Bonchev–Trinajstić information content (AvgIpc) is 3.92. The number of hydrogen-bond donors (Lipinski definition) is 0. The van der Waals surface area contributed by atoms with Gasteiger partial charge in [-0.3, -0.25) is 9.37 Å². The molecular weight excluding hydrogens is 1040 g/mol. The normalized spacial score (nSPS) is 12.5. The zero-order chi connectivity index (χ0) is 49.7. The van der Waals surface area contributed by atoms with E-state index in [1.165, 1.54) is 50.8 Å². The fourth-order valence-electron chi connectivity index (χ4n) is 8.94. The van der Waals surface area contributed by atoms with Crippen LogP contribution in [-0.2, 0) is 26.5 Å². The first kappa shape index (κ1) is 46.5. The second-order valence-electron chi connectivity index (χ2n) is 20.4. The third-order valence-corrected chi connectivity index (χ3v) is 14.4. The Balaban J connectivity index is 0.000000271. The second kappa shape index (κ2) is 20.0. The van der Waals surface area contributed by atoms with Crippen LogP contribution in [0.5, 0.6) is 0 Å². The molecule has 69 heavy (non-hydrogen) atoms. The van der Waals surface area contributed by atoms with E-state index in [0.29, 0.717) is 16.8 Å². The molecule has 3 aromatic heterocycles. The fraction of sp³-hybridized carbons (Fsp3) is 0.226. The quantitative estimate of drug-likeness (QED) is 0.107. The monoisotopic (exact) mass is 1100 g/mol. The third kappa shape index (κ3) is 10.5. The van der Waals surface area contributed by atoms with E-state index in [9.17, 15) is 4.39 Å². The van der Waals surface area contributed by atoms with Crippen LogP contribution in [0, 0.1) is 23.4 Å². The van der Waals surface area contributed by atoms with E-state index in [0.717, 1.165) is 49.9 Å². The summed E-state index contributed by atoms with van der Waals surface area (Å²) in [7, 11) is -1.40. The third-order valence-electron chi connectivity index (χ3n) is 12.4. The molecule has 0 spiro atoms. The van der Waals surface area contributed by atoms with Crippen LogP contribution in [-0.4, -0.2) is 22.6 Å². The number of aromatic nitrogens is 3. The summed E-state index contributed by atoms with van der Waals surface area (Å²) in [6.45, 7) is 22.0. The van der Waals surface area contributed by atoms with E-state index >= 15 is 0 Å². The number of pyridine rings is 1. The number of halogens is 1. The van der Waals surface area contributed by atoms with Gasteiger partial charge in [0.15, 0.2) is 0 Å². The number of para-hydroxylation sites is 2. The van der Waals surface area contributed by atoms with Crippen molar-refractivity contribution in [2.24, 2.45) is 5.41 Å². The number of fused-ring (bicyclic) bond motifs is 4. The first-order chi connectivity index (χ1) is 33.3. The summed E-state index contributed by atoms with van der Waals surface area (Å²) in [6, 6.07) is 57.7. The van der Waals surface area contributed by atoms with Crippen LogP contribution in [0.25, 0.3) is 83.6 Å². The molecule has 10 aromatic rings. The van der Waals surface area contributed by atoms with Crippen molar-refractivity contribution in [2.75, 3.05) is 0 Å². The molecule has 7 heteroatoms. The maximum atomic E-state index is 12.9. The Labute approximate surface area is 424 Å². The van der Waals surface area contributed by atoms with Crippen molar-refractivity contribution < 1.29 is 31.7 Å². The van der Waals surface area contributed by atoms with Gasteiger partial charge in [0.25, 0.3) is 0 Å². The molecule has 4 nitrogen and oxygen atoms in total. The summed E-state index contributed by atoms with van der Waals surface area (Å²) in [5, 5.41) is 3.64. The molecule has 0 N–H and O–H groups in total. The van der Waals surface area contributed by atoms with Crippen LogP contribution in [0.4, 0.5) is 4.39 Å². The SMILES string of the molecule is CC(C)c1cc(-c2ccc([Si](C)(C)C)cc2)cc(C(C)C)c1-n1c(-c2[c-]ccc3c2oc2cc(-c4ccccc4)ccc23)nc2ccccc21.[2H]C([2H])(c1ccnc(-c2[c-]cc(F)cc2)c1)C(C)(C)C.[Ir]. The Kier molecular flexibility index (Phi) is 13.5. The average molecular weight is 1100 g/mol. The maximum absolute atomic E-state index is 12.9. The van der Waals surface area contributed by atoms with Crippen molar-refractivity contribution in [2.45, 2.75) is 86.3 Å². The van der Waals surface area contributed by atoms with Gasteiger partial charge in [-0.1, -0.05) is 175 Å². The number of imidazole rings is 1. The number of benzene rings is 7. The van der Waals surface area contributed by atoms with Gasteiger partial charge in [0.2, 0.25) is 0 Å². The molecule has 0 aliphatic heterocycles. The minimum atomic E-state index is -1.48. The molecule has 0 bridgehead atoms. The molecule has 0 aliphatic rings. The predicted molar refractivity (Wildman–Crippen MR) is 286 cm³/mol. The summed E-state index contributed by atoms with van der Waals surface area (Å²) in [5.41, 5.74) is 14.5. The molecule has 3 heterocycles. The molecule has 351 valence electrons. The Morgan fingerprint density at radius 2 is 1.38 bits per heavy atom. The van der Waals surface area contributed by atoms with Gasteiger partial charge in [-0.15, -0.1) is 48.0 Å². The van der Waals surface area contributed by atoms with Gasteiger partial charge >= 0.3 is 0 Å². The zero-order valence-electron chi connectivity index (χ0n) is 43.1. The Morgan fingerprint density at radius 1 is 0.710 bits per heavy atom. The van der Waals surface area contributed by atoms with Gasteiger partial charge < -0.3 is 14.0 Å². The van der Waals surface area contributed by atoms with E-state index in [4.69, 9.17) is 12.1 Å². The minimum absolute atomic E-state index is 0. The topological polar surface area (TPSA) is 43.9 Å².